The summed E-state index contributed by atoms with van der Waals surface area (Å²) in [6.45, 7) is 9.39. The first-order valence-corrected chi connectivity index (χ1v) is 7.82. The molecule has 2 heterocycles. The lowest BCUT2D eigenvalue weighted by Gasteiger charge is -2.30. The zero-order valence-electron chi connectivity index (χ0n) is 14.5. The van der Waals surface area contributed by atoms with Crippen molar-refractivity contribution in [2.75, 3.05) is 5.32 Å². The van der Waals surface area contributed by atoms with Gasteiger partial charge in [-0.05, 0) is 56.2 Å². The number of aryl methyl sites for hydroxylation is 1. The van der Waals surface area contributed by atoms with Gasteiger partial charge in [0.15, 0.2) is 0 Å². The van der Waals surface area contributed by atoms with Gasteiger partial charge < -0.3 is 10.1 Å². The molecule has 0 aliphatic carbocycles. The summed E-state index contributed by atoms with van der Waals surface area (Å²) >= 11 is 0. The third kappa shape index (κ3) is 2.89. The van der Waals surface area contributed by atoms with E-state index in [9.17, 15) is 4.79 Å². The quantitative estimate of drug-likeness (QED) is 0.854. The number of rotatable bonds is 2. The van der Waals surface area contributed by atoms with E-state index in [0.717, 1.165) is 11.1 Å². The molecule has 0 fully saturated rings. The number of fused-ring (bicyclic) bond motifs is 1. The Bertz CT molecular complexity index is 816. The molecule has 0 bridgehead atoms. The number of tetrazole rings is 1. The summed E-state index contributed by atoms with van der Waals surface area (Å²) in [5.74, 6) is 0.134. The summed E-state index contributed by atoms with van der Waals surface area (Å²) in [7, 11) is 0. The van der Waals surface area contributed by atoms with Gasteiger partial charge in [0, 0.05) is 5.70 Å². The van der Waals surface area contributed by atoms with E-state index in [-0.39, 0.29) is 5.97 Å². The fraction of sp³-hybridized carbons (Fsp3) is 0.412. The standard InChI is InChI=1S/C17H21N5O2/c1-10-8-6-7-9-12(10)14-13(15(23)24-17(3,4)5)11(2)18-16-19-20-21-22(14)16/h6-9,14H,1-5H3,(H,18,19,21)/t14-/m1/s1. The summed E-state index contributed by atoms with van der Waals surface area (Å²) in [6.07, 6.45) is 0. The number of carbonyl (C=O) groups is 1. The molecule has 0 spiro atoms. The van der Waals surface area contributed by atoms with Gasteiger partial charge in [0.25, 0.3) is 0 Å². The Labute approximate surface area is 140 Å². The molecule has 0 saturated carbocycles. The van der Waals surface area contributed by atoms with Gasteiger partial charge in [-0.25, -0.2) is 4.79 Å². The normalized spacial score (nSPS) is 17.3. The van der Waals surface area contributed by atoms with Crippen LogP contribution in [0.25, 0.3) is 0 Å². The number of carbonyl (C=O) groups excluding carboxylic acids is 1. The summed E-state index contributed by atoms with van der Waals surface area (Å²) in [5, 5.41) is 14.9. The van der Waals surface area contributed by atoms with Crippen LogP contribution in [0.4, 0.5) is 5.95 Å². The highest BCUT2D eigenvalue weighted by Crippen LogP contribution is 2.36. The maximum atomic E-state index is 12.8. The molecule has 24 heavy (non-hydrogen) atoms. The van der Waals surface area contributed by atoms with Crippen molar-refractivity contribution in [2.24, 2.45) is 0 Å². The number of ether oxygens (including phenoxy) is 1. The molecule has 0 unspecified atom stereocenters. The van der Waals surface area contributed by atoms with Crippen LogP contribution in [0.1, 0.15) is 44.9 Å². The minimum absolute atomic E-state index is 0.373. The van der Waals surface area contributed by atoms with Gasteiger partial charge in [0.2, 0.25) is 5.95 Å². The van der Waals surface area contributed by atoms with Crippen molar-refractivity contribution in [3.05, 3.63) is 46.7 Å². The van der Waals surface area contributed by atoms with Gasteiger partial charge in [-0.1, -0.05) is 29.4 Å². The van der Waals surface area contributed by atoms with Crippen molar-refractivity contribution in [3.8, 4) is 0 Å². The molecule has 1 aromatic heterocycles. The Morgan fingerprint density at radius 3 is 2.62 bits per heavy atom. The van der Waals surface area contributed by atoms with Crippen LogP contribution < -0.4 is 5.32 Å². The Morgan fingerprint density at radius 2 is 1.96 bits per heavy atom. The third-order valence-electron chi connectivity index (χ3n) is 3.82. The second kappa shape index (κ2) is 5.74. The van der Waals surface area contributed by atoms with E-state index in [1.54, 1.807) is 4.68 Å². The highest BCUT2D eigenvalue weighted by atomic mass is 16.6. The molecule has 1 aromatic carbocycles. The number of hydrogen-bond donors (Lipinski definition) is 1. The fourth-order valence-corrected chi connectivity index (χ4v) is 2.79. The molecule has 7 heteroatoms. The second-order valence-electron chi connectivity index (χ2n) is 6.87. The monoisotopic (exact) mass is 327 g/mol. The molecule has 3 rings (SSSR count). The largest absolute Gasteiger partial charge is 0.456 e. The Balaban J connectivity index is 2.14. The smallest absolute Gasteiger partial charge is 0.338 e. The number of hydrogen-bond acceptors (Lipinski definition) is 6. The Kier molecular flexibility index (Phi) is 3.87. The van der Waals surface area contributed by atoms with Crippen LogP contribution in [0.15, 0.2) is 35.5 Å². The minimum Gasteiger partial charge on any atom is -0.456 e. The Morgan fingerprint density at radius 1 is 1.25 bits per heavy atom. The number of nitrogens with one attached hydrogen (secondary N) is 1. The van der Waals surface area contributed by atoms with E-state index in [0.29, 0.717) is 17.2 Å². The molecule has 1 aliphatic heterocycles. The first kappa shape index (κ1) is 16.2. The fourth-order valence-electron chi connectivity index (χ4n) is 2.79. The summed E-state index contributed by atoms with van der Waals surface area (Å²) in [5.41, 5.74) is 2.65. The van der Waals surface area contributed by atoms with E-state index in [4.69, 9.17) is 4.74 Å². The molecule has 0 saturated heterocycles. The zero-order valence-corrected chi connectivity index (χ0v) is 14.5. The highest BCUT2D eigenvalue weighted by molar-refractivity contribution is 5.92. The first-order chi connectivity index (χ1) is 11.3. The van der Waals surface area contributed by atoms with E-state index in [1.165, 1.54) is 0 Å². The van der Waals surface area contributed by atoms with Crippen molar-refractivity contribution < 1.29 is 9.53 Å². The number of esters is 1. The van der Waals surface area contributed by atoms with Gasteiger partial charge in [-0.3, -0.25) is 0 Å². The number of anilines is 1. The number of nitrogens with zero attached hydrogens (tertiary/aromatic N) is 4. The topological polar surface area (TPSA) is 81.9 Å². The average Bonchev–Trinajstić information content (AvgIpc) is 2.92. The van der Waals surface area contributed by atoms with Gasteiger partial charge in [-0.2, -0.15) is 4.68 Å². The van der Waals surface area contributed by atoms with Gasteiger partial charge in [0.05, 0.1) is 5.57 Å². The predicted molar refractivity (Wildman–Crippen MR) is 89.3 cm³/mol. The summed E-state index contributed by atoms with van der Waals surface area (Å²) in [4.78, 5) is 12.8. The highest BCUT2D eigenvalue weighted by Gasteiger charge is 2.36. The van der Waals surface area contributed by atoms with Crippen LogP contribution in [0, 0.1) is 6.92 Å². The number of benzene rings is 1. The molecule has 0 radical (unpaired) electrons. The third-order valence-corrected chi connectivity index (χ3v) is 3.82. The van der Waals surface area contributed by atoms with Crippen LogP contribution in [0.5, 0.6) is 0 Å². The van der Waals surface area contributed by atoms with Crippen LogP contribution in [-0.2, 0) is 9.53 Å². The number of aromatic nitrogens is 4. The maximum Gasteiger partial charge on any atom is 0.338 e. The molecule has 0 amide bonds. The van der Waals surface area contributed by atoms with Crippen LogP contribution in [-0.4, -0.2) is 31.8 Å². The van der Waals surface area contributed by atoms with Crippen LogP contribution in [0.3, 0.4) is 0 Å². The molecule has 1 aliphatic rings. The molecule has 7 nitrogen and oxygen atoms in total. The molecule has 1 atom stereocenters. The first-order valence-electron chi connectivity index (χ1n) is 7.82. The van der Waals surface area contributed by atoms with Crippen molar-refractivity contribution in [1.82, 2.24) is 20.2 Å². The van der Waals surface area contributed by atoms with E-state index < -0.39 is 11.6 Å². The molecule has 1 N–H and O–H groups in total. The zero-order chi connectivity index (χ0) is 17.5. The Hall–Kier alpha value is -2.70. The second-order valence-corrected chi connectivity index (χ2v) is 6.87. The van der Waals surface area contributed by atoms with E-state index >= 15 is 0 Å². The number of allylic oxidation sites excluding steroid dienone is 1. The van der Waals surface area contributed by atoms with Crippen molar-refractivity contribution in [1.29, 1.82) is 0 Å². The lowest BCUT2D eigenvalue weighted by atomic mass is 9.92. The minimum atomic E-state index is -0.582. The van der Waals surface area contributed by atoms with Gasteiger partial charge >= 0.3 is 5.97 Å². The van der Waals surface area contributed by atoms with Gasteiger partial charge in [0.1, 0.15) is 11.6 Å². The van der Waals surface area contributed by atoms with E-state index in [1.807, 2.05) is 58.9 Å². The van der Waals surface area contributed by atoms with E-state index in [2.05, 4.69) is 20.8 Å². The average molecular weight is 327 g/mol. The predicted octanol–water partition coefficient (Wildman–Crippen LogP) is 2.61. The molecular weight excluding hydrogens is 306 g/mol. The van der Waals surface area contributed by atoms with Crippen molar-refractivity contribution in [2.45, 2.75) is 46.3 Å². The summed E-state index contributed by atoms with van der Waals surface area (Å²) < 4.78 is 7.23. The van der Waals surface area contributed by atoms with Crippen molar-refractivity contribution >= 4 is 11.9 Å². The summed E-state index contributed by atoms with van der Waals surface area (Å²) in [6, 6.07) is 7.46. The van der Waals surface area contributed by atoms with Crippen LogP contribution in [0.2, 0.25) is 0 Å². The molecule has 126 valence electrons. The molecular formula is C17H21N5O2. The van der Waals surface area contributed by atoms with Crippen LogP contribution >= 0.6 is 0 Å². The lowest BCUT2D eigenvalue weighted by molar-refractivity contribution is -0.150. The maximum absolute atomic E-state index is 12.8. The van der Waals surface area contributed by atoms with Gasteiger partial charge in [-0.15, -0.1) is 0 Å². The SMILES string of the molecule is CC1=C(C(=O)OC(C)(C)C)[C@@H](c2ccccc2C)n2nnnc2N1. The lowest BCUT2D eigenvalue weighted by Crippen LogP contribution is -2.33. The van der Waals surface area contributed by atoms with Crippen molar-refractivity contribution in [3.63, 3.8) is 0 Å². The molecule has 2 aromatic rings.